The number of halogens is 1. The maximum absolute atomic E-state index is 13.4. The summed E-state index contributed by atoms with van der Waals surface area (Å²) in [6.07, 6.45) is 0. The van der Waals surface area contributed by atoms with Crippen LogP contribution in [0.15, 0.2) is 42.5 Å². The minimum atomic E-state index is -0.0361. The molecule has 1 aromatic heterocycles. The van der Waals surface area contributed by atoms with Crippen molar-refractivity contribution in [3.8, 4) is 0 Å². The summed E-state index contributed by atoms with van der Waals surface area (Å²) in [5.41, 5.74) is 6.25. The number of nitrogens with one attached hydrogen (secondary N) is 1. The SMILES string of the molecule is Cc1cccc(NC(=O)CN2CCN(C(=O)c3c(C)nn(Cc4ccccc4Cl)c3C)CC2)c1C. The molecule has 1 aliphatic heterocycles. The van der Waals surface area contributed by atoms with Gasteiger partial charge in [-0.2, -0.15) is 5.10 Å². The predicted octanol–water partition coefficient (Wildman–Crippen LogP) is 4.21. The maximum Gasteiger partial charge on any atom is 0.257 e. The van der Waals surface area contributed by atoms with Gasteiger partial charge in [0.2, 0.25) is 5.91 Å². The lowest BCUT2D eigenvalue weighted by atomic mass is 10.1. The van der Waals surface area contributed by atoms with Crippen molar-refractivity contribution < 1.29 is 9.59 Å². The van der Waals surface area contributed by atoms with Gasteiger partial charge >= 0.3 is 0 Å². The number of carbonyl (C=O) groups is 2. The molecule has 2 aromatic carbocycles. The molecule has 8 heteroatoms. The number of nitrogens with zero attached hydrogens (tertiary/aromatic N) is 4. The number of hydrogen-bond donors (Lipinski definition) is 1. The highest BCUT2D eigenvalue weighted by atomic mass is 35.5. The van der Waals surface area contributed by atoms with Crippen LogP contribution in [0.25, 0.3) is 0 Å². The van der Waals surface area contributed by atoms with Crippen LogP contribution in [0.3, 0.4) is 0 Å². The standard InChI is InChI=1S/C27H32ClN5O2/c1-18-8-7-11-24(19(18)2)29-25(34)17-31-12-14-32(15-13-31)27(35)26-20(3)30-33(21(26)4)16-22-9-5-6-10-23(22)28/h5-11H,12-17H2,1-4H3,(H,29,34). The molecule has 2 amide bonds. The Morgan fingerprint density at radius 3 is 2.40 bits per heavy atom. The highest BCUT2D eigenvalue weighted by molar-refractivity contribution is 6.31. The van der Waals surface area contributed by atoms with E-state index in [1.165, 1.54) is 0 Å². The first-order valence-corrected chi connectivity index (χ1v) is 12.3. The van der Waals surface area contributed by atoms with Gasteiger partial charge in [0.05, 0.1) is 24.3 Å². The molecule has 0 saturated carbocycles. The zero-order chi connectivity index (χ0) is 25.1. The Labute approximate surface area is 211 Å². The van der Waals surface area contributed by atoms with Gasteiger partial charge in [0.1, 0.15) is 0 Å². The molecule has 0 aliphatic carbocycles. The average molecular weight is 494 g/mol. The third-order valence-corrected chi connectivity index (χ3v) is 7.15. The Kier molecular flexibility index (Phi) is 7.57. The first-order valence-electron chi connectivity index (χ1n) is 11.9. The molecule has 2 heterocycles. The van der Waals surface area contributed by atoms with Crippen LogP contribution in [0.2, 0.25) is 5.02 Å². The van der Waals surface area contributed by atoms with E-state index in [1.807, 2.05) is 79.7 Å². The average Bonchev–Trinajstić information content (AvgIpc) is 3.11. The number of anilines is 1. The Morgan fingerprint density at radius 2 is 1.69 bits per heavy atom. The second-order valence-corrected chi connectivity index (χ2v) is 9.57. The van der Waals surface area contributed by atoms with Crippen molar-refractivity contribution in [2.75, 3.05) is 38.0 Å². The van der Waals surface area contributed by atoms with E-state index >= 15 is 0 Å². The number of benzene rings is 2. The number of rotatable bonds is 6. The lowest BCUT2D eigenvalue weighted by Crippen LogP contribution is -2.50. The predicted molar refractivity (Wildman–Crippen MR) is 139 cm³/mol. The van der Waals surface area contributed by atoms with Gasteiger partial charge < -0.3 is 10.2 Å². The third kappa shape index (κ3) is 5.57. The first-order chi connectivity index (χ1) is 16.7. The van der Waals surface area contributed by atoms with Gasteiger partial charge in [0, 0.05) is 42.6 Å². The number of amides is 2. The maximum atomic E-state index is 13.4. The zero-order valence-corrected chi connectivity index (χ0v) is 21.5. The second-order valence-electron chi connectivity index (χ2n) is 9.16. The minimum Gasteiger partial charge on any atom is -0.336 e. The molecule has 1 N–H and O–H groups in total. The molecule has 1 fully saturated rings. The summed E-state index contributed by atoms with van der Waals surface area (Å²) >= 11 is 6.32. The summed E-state index contributed by atoms with van der Waals surface area (Å²) in [6.45, 7) is 11.1. The fraction of sp³-hybridized carbons (Fsp3) is 0.370. The molecule has 0 bridgehead atoms. The monoisotopic (exact) mass is 493 g/mol. The Bertz CT molecular complexity index is 1240. The minimum absolute atomic E-state index is 0.00936. The van der Waals surface area contributed by atoms with Crippen LogP contribution in [0, 0.1) is 27.7 Å². The molecular weight excluding hydrogens is 462 g/mol. The molecule has 0 atom stereocenters. The molecule has 0 unspecified atom stereocenters. The number of hydrogen-bond acceptors (Lipinski definition) is 4. The van der Waals surface area contributed by atoms with Crippen LogP contribution in [0.5, 0.6) is 0 Å². The Hall–Kier alpha value is -3.16. The lowest BCUT2D eigenvalue weighted by molar-refractivity contribution is -0.117. The molecule has 184 valence electrons. The van der Waals surface area contributed by atoms with Gasteiger partial charge in [0.15, 0.2) is 0 Å². The summed E-state index contributed by atoms with van der Waals surface area (Å²) < 4.78 is 1.84. The van der Waals surface area contributed by atoms with Gasteiger partial charge in [-0.1, -0.05) is 41.9 Å². The summed E-state index contributed by atoms with van der Waals surface area (Å²) in [4.78, 5) is 29.9. The van der Waals surface area contributed by atoms with Crippen LogP contribution in [0.1, 0.15) is 38.4 Å². The largest absolute Gasteiger partial charge is 0.336 e. The van der Waals surface area contributed by atoms with Gasteiger partial charge in [-0.25, -0.2) is 0 Å². The molecule has 0 radical (unpaired) electrons. The van der Waals surface area contributed by atoms with Crippen molar-refractivity contribution in [1.29, 1.82) is 0 Å². The molecule has 1 saturated heterocycles. The Balaban J connectivity index is 1.35. The first kappa shape index (κ1) is 24.9. The zero-order valence-electron chi connectivity index (χ0n) is 20.8. The van der Waals surface area contributed by atoms with Crippen molar-refractivity contribution in [3.05, 3.63) is 81.1 Å². The molecule has 1 aliphatic rings. The quantitative estimate of drug-likeness (QED) is 0.558. The highest BCUT2D eigenvalue weighted by Crippen LogP contribution is 2.22. The highest BCUT2D eigenvalue weighted by Gasteiger charge is 2.27. The van der Waals surface area contributed by atoms with E-state index in [0.29, 0.717) is 49.9 Å². The van der Waals surface area contributed by atoms with Gasteiger partial charge in [-0.3, -0.25) is 19.2 Å². The third-order valence-electron chi connectivity index (χ3n) is 6.78. The van der Waals surface area contributed by atoms with Crippen molar-refractivity contribution in [2.45, 2.75) is 34.2 Å². The molecule has 35 heavy (non-hydrogen) atoms. The second kappa shape index (κ2) is 10.6. The van der Waals surface area contributed by atoms with E-state index in [9.17, 15) is 9.59 Å². The fourth-order valence-electron chi connectivity index (χ4n) is 4.49. The van der Waals surface area contributed by atoms with Crippen molar-refractivity contribution in [2.24, 2.45) is 0 Å². The van der Waals surface area contributed by atoms with Gasteiger partial charge in [-0.05, 0) is 56.5 Å². The van der Waals surface area contributed by atoms with Crippen molar-refractivity contribution in [1.82, 2.24) is 19.6 Å². The van der Waals surface area contributed by atoms with Crippen LogP contribution in [0.4, 0.5) is 5.69 Å². The van der Waals surface area contributed by atoms with Crippen LogP contribution in [-0.2, 0) is 11.3 Å². The molecule has 3 aromatic rings. The number of piperazine rings is 1. The van der Waals surface area contributed by atoms with E-state index < -0.39 is 0 Å². The van der Waals surface area contributed by atoms with E-state index in [0.717, 1.165) is 33.8 Å². The van der Waals surface area contributed by atoms with Crippen LogP contribution >= 0.6 is 11.6 Å². The summed E-state index contributed by atoms with van der Waals surface area (Å²) in [5, 5.41) is 8.32. The normalized spacial score (nSPS) is 14.3. The fourth-order valence-corrected chi connectivity index (χ4v) is 4.69. The van der Waals surface area contributed by atoms with E-state index in [1.54, 1.807) is 0 Å². The Morgan fingerprint density at radius 1 is 0.971 bits per heavy atom. The van der Waals surface area contributed by atoms with Crippen LogP contribution in [-0.4, -0.2) is 64.1 Å². The number of aryl methyl sites for hydroxylation is 2. The van der Waals surface area contributed by atoms with E-state index in [-0.39, 0.29) is 11.8 Å². The van der Waals surface area contributed by atoms with Gasteiger partial charge in [0.25, 0.3) is 5.91 Å². The molecule has 7 nitrogen and oxygen atoms in total. The topological polar surface area (TPSA) is 70.5 Å². The summed E-state index contributed by atoms with van der Waals surface area (Å²) in [5.74, 6) is -0.0455. The number of carbonyl (C=O) groups excluding carboxylic acids is 2. The van der Waals surface area contributed by atoms with Crippen LogP contribution < -0.4 is 5.32 Å². The van der Waals surface area contributed by atoms with Crippen molar-refractivity contribution >= 4 is 29.1 Å². The van der Waals surface area contributed by atoms with E-state index in [4.69, 9.17) is 11.6 Å². The molecular formula is C27H32ClN5O2. The summed E-state index contributed by atoms with van der Waals surface area (Å²) in [7, 11) is 0. The number of aromatic nitrogens is 2. The van der Waals surface area contributed by atoms with Crippen molar-refractivity contribution in [3.63, 3.8) is 0 Å². The molecule has 0 spiro atoms. The lowest BCUT2D eigenvalue weighted by Gasteiger charge is -2.34. The molecule has 4 rings (SSSR count). The van der Waals surface area contributed by atoms with Gasteiger partial charge in [-0.15, -0.1) is 0 Å². The summed E-state index contributed by atoms with van der Waals surface area (Å²) in [6, 6.07) is 13.6. The van der Waals surface area contributed by atoms with E-state index in [2.05, 4.69) is 15.3 Å². The smallest absolute Gasteiger partial charge is 0.257 e.